The summed E-state index contributed by atoms with van der Waals surface area (Å²) in [5.74, 6) is 1.19. The summed E-state index contributed by atoms with van der Waals surface area (Å²) in [6, 6.07) is 5.53. The summed E-state index contributed by atoms with van der Waals surface area (Å²) in [4.78, 5) is 0. The summed E-state index contributed by atoms with van der Waals surface area (Å²) >= 11 is 9.33. The molecule has 2 atom stereocenters. The van der Waals surface area contributed by atoms with Gasteiger partial charge in [0.15, 0.2) is 0 Å². The monoisotopic (exact) mass is 318 g/mol. The predicted octanol–water partition coefficient (Wildman–Crippen LogP) is 5.21. The molecule has 1 aromatic rings. The number of hydrogen-bond donors (Lipinski definition) is 1. The Hall–Kier alpha value is -0.0500. The van der Waals surface area contributed by atoms with Gasteiger partial charge in [-0.1, -0.05) is 54.4 Å². The highest BCUT2D eigenvalue weighted by Crippen LogP contribution is 2.31. The van der Waals surface area contributed by atoms with Gasteiger partial charge in [0.05, 0.1) is 6.10 Å². The smallest absolute Gasteiger partial charge is 0.0803 e. The number of hydrogen-bond acceptors (Lipinski definition) is 1. The van der Waals surface area contributed by atoms with Crippen LogP contribution in [-0.4, -0.2) is 5.11 Å². The van der Waals surface area contributed by atoms with Crippen molar-refractivity contribution >= 4 is 27.5 Å². The lowest BCUT2D eigenvalue weighted by Gasteiger charge is -2.19. The highest BCUT2D eigenvalue weighted by molar-refractivity contribution is 9.10. The second-order valence-electron chi connectivity index (χ2n) is 5.15. The Bertz CT molecular complexity index is 365. The maximum Gasteiger partial charge on any atom is 0.0803 e. The van der Waals surface area contributed by atoms with E-state index in [4.69, 9.17) is 11.6 Å². The second-order valence-corrected chi connectivity index (χ2v) is 6.44. The first-order valence-corrected chi connectivity index (χ1v) is 7.20. The van der Waals surface area contributed by atoms with Crippen LogP contribution in [0.1, 0.15) is 45.3 Å². The Kier molecular flexibility index (Phi) is 5.98. The molecule has 0 aliphatic rings. The lowest BCUT2D eigenvalue weighted by molar-refractivity contribution is 0.141. The molecule has 0 saturated heterocycles. The van der Waals surface area contributed by atoms with Crippen molar-refractivity contribution in [1.82, 2.24) is 0 Å². The molecular weight excluding hydrogens is 300 g/mol. The van der Waals surface area contributed by atoms with Crippen LogP contribution in [0.5, 0.6) is 0 Å². The van der Waals surface area contributed by atoms with Gasteiger partial charge in [-0.05, 0) is 42.4 Å². The van der Waals surface area contributed by atoms with Gasteiger partial charge in [0.1, 0.15) is 0 Å². The first kappa shape index (κ1) is 15.0. The van der Waals surface area contributed by atoms with Crippen LogP contribution in [-0.2, 0) is 0 Å². The molecule has 0 saturated carbocycles. The molecule has 0 fully saturated rings. The van der Waals surface area contributed by atoms with E-state index in [1.54, 1.807) is 0 Å². The highest BCUT2D eigenvalue weighted by Gasteiger charge is 2.16. The topological polar surface area (TPSA) is 20.2 Å². The van der Waals surface area contributed by atoms with E-state index in [-0.39, 0.29) is 0 Å². The standard InChI is InChI=1S/C14H20BrClO/c1-9(2)6-10(3)7-14(17)12-5-4-11(16)8-13(12)15/h4-5,8-10,14,17H,6-7H2,1-3H3. The van der Waals surface area contributed by atoms with E-state index < -0.39 is 6.10 Å². The largest absolute Gasteiger partial charge is 0.388 e. The average molecular weight is 320 g/mol. The van der Waals surface area contributed by atoms with Gasteiger partial charge in [0.2, 0.25) is 0 Å². The molecule has 0 amide bonds. The van der Waals surface area contributed by atoms with Crippen LogP contribution in [0.25, 0.3) is 0 Å². The molecule has 1 N–H and O–H groups in total. The van der Waals surface area contributed by atoms with E-state index in [2.05, 4.69) is 36.7 Å². The van der Waals surface area contributed by atoms with E-state index in [1.165, 1.54) is 0 Å². The fourth-order valence-corrected chi connectivity index (χ4v) is 3.13. The molecule has 96 valence electrons. The molecule has 0 bridgehead atoms. The third-order valence-corrected chi connectivity index (χ3v) is 3.74. The SMILES string of the molecule is CC(C)CC(C)CC(O)c1ccc(Cl)cc1Br. The van der Waals surface area contributed by atoms with Gasteiger partial charge < -0.3 is 5.11 Å². The van der Waals surface area contributed by atoms with Crippen molar-refractivity contribution in [3.8, 4) is 0 Å². The Labute approximate surface area is 117 Å². The van der Waals surface area contributed by atoms with Crippen LogP contribution in [0.2, 0.25) is 5.02 Å². The van der Waals surface area contributed by atoms with Crippen molar-refractivity contribution in [2.45, 2.75) is 39.7 Å². The van der Waals surface area contributed by atoms with Gasteiger partial charge in [0.25, 0.3) is 0 Å². The third-order valence-electron chi connectivity index (χ3n) is 2.82. The Balaban J connectivity index is 2.66. The molecular formula is C14H20BrClO. The van der Waals surface area contributed by atoms with Crippen molar-refractivity contribution in [1.29, 1.82) is 0 Å². The molecule has 17 heavy (non-hydrogen) atoms. The first-order valence-electron chi connectivity index (χ1n) is 6.03. The van der Waals surface area contributed by atoms with Crippen LogP contribution in [0.15, 0.2) is 22.7 Å². The minimum Gasteiger partial charge on any atom is -0.388 e. The van der Waals surface area contributed by atoms with Crippen LogP contribution in [0.3, 0.4) is 0 Å². The summed E-state index contributed by atoms with van der Waals surface area (Å²) in [7, 11) is 0. The van der Waals surface area contributed by atoms with Gasteiger partial charge in [-0.3, -0.25) is 0 Å². The van der Waals surface area contributed by atoms with Gasteiger partial charge in [-0.15, -0.1) is 0 Å². The van der Waals surface area contributed by atoms with Gasteiger partial charge in [-0.2, -0.15) is 0 Å². The van der Waals surface area contributed by atoms with E-state index in [0.717, 1.165) is 22.9 Å². The lowest BCUT2D eigenvalue weighted by Crippen LogP contribution is -2.07. The molecule has 0 aliphatic carbocycles. The molecule has 2 unspecified atom stereocenters. The molecule has 0 spiro atoms. The number of aliphatic hydroxyl groups excluding tert-OH is 1. The molecule has 1 aromatic carbocycles. The molecule has 0 radical (unpaired) electrons. The predicted molar refractivity (Wildman–Crippen MR) is 77.3 cm³/mol. The summed E-state index contributed by atoms with van der Waals surface area (Å²) in [6.07, 6.45) is 1.51. The Morgan fingerprint density at radius 1 is 1.24 bits per heavy atom. The molecule has 0 aromatic heterocycles. The third kappa shape index (κ3) is 4.99. The summed E-state index contributed by atoms with van der Waals surface area (Å²) < 4.78 is 0.884. The van der Waals surface area contributed by atoms with E-state index in [1.807, 2.05) is 18.2 Å². The number of aliphatic hydroxyl groups is 1. The summed E-state index contributed by atoms with van der Waals surface area (Å²) in [6.45, 7) is 6.61. The zero-order valence-corrected chi connectivity index (χ0v) is 12.9. The summed E-state index contributed by atoms with van der Waals surface area (Å²) in [5.41, 5.74) is 0.921. The van der Waals surface area contributed by atoms with Crippen molar-refractivity contribution in [3.05, 3.63) is 33.3 Å². The van der Waals surface area contributed by atoms with Crippen LogP contribution >= 0.6 is 27.5 Å². The molecule has 3 heteroatoms. The Morgan fingerprint density at radius 3 is 2.41 bits per heavy atom. The van der Waals surface area contributed by atoms with E-state index in [0.29, 0.717) is 16.9 Å². The quantitative estimate of drug-likeness (QED) is 0.790. The van der Waals surface area contributed by atoms with Crippen molar-refractivity contribution in [3.63, 3.8) is 0 Å². The van der Waals surface area contributed by atoms with Crippen LogP contribution in [0, 0.1) is 11.8 Å². The lowest BCUT2D eigenvalue weighted by atomic mass is 9.91. The van der Waals surface area contributed by atoms with Crippen molar-refractivity contribution in [2.75, 3.05) is 0 Å². The normalized spacial score (nSPS) is 15.0. The van der Waals surface area contributed by atoms with E-state index in [9.17, 15) is 5.11 Å². The van der Waals surface area contributed by atoms with Crippen LogP contribution in [0.4, 0.5) is 0 Å². The van der Waals surface area contributed by atoms with Gasteiger partial charge in [-0.25, -0.2) is 0 Å². The first-order chi connectivity index (χ1) is 7.90. The zero-order valence-electron chi connectivity index (χ0n) is 10.6. The molecule has 0 aliphatic heterocycles. The average Bonchev–Trinajstić information content (AvgIpc) is 2.15. The minimum atomic E-state index is -0.421. The van der Waals surface area contributed by atoms with Gasteiger partial charge >= 0.3 is 0 Å². The molecule has 1 rings (SSSR count). The fourth-order valence-electron chi connectivity index (χ4n) is 2.18. The van der Waals surface area contributed by atoms with Crippen molar-refractivity contribution < 1.29 is 5.11 Å². The van der Waals surface area contributed by atoms with E-state index >= 15 is 0 Å². The maximum atomic E-state index is 10.2. The highest BCUT2D eigenvalue weighted by atomic mass is 79.9. The number of benzene rings is 1. The number of rotatable bonds is 5. The zero-order chi connectivity index (χ0) is 13.0. The molecule has 1 nitrogen and oxygen atoms in total. The second kappa shape index (κ2) is 6.77. The Morgan fingerprint density at radius 2 is 1.88 bits per heavy atom. The number of halogens is 2. The van der Waals surface area contributed by atoms with Gasteiger partial charge in [0, 0.05) is 9.50 Å². The minimum absolute atomic E-state index is 0.421. The molecule has 0 heterocycles. The van der Waals surface area contributed by atoms with Crippen molar-refractivity contribution in [2.24, 2.45) is 11.8 Å². The maximum absolute atomic E-state index is 10.2. The fraction of sp³-hybridized carbons (Fsp3) is 0.571. The van der Waals surface area contributed by atoms with Crippen LogP contribution < -0.4 is 0 Å². The summed E-state index contributed by atoms with van der Waals surface area (Å²) in [5, 5.41) is 10.9.